The lowest BCUT2D eigenvalue weighted by atomic mass is 10.2. The minimum Gasteiger partial charge on any atom is -0.376 e. The summed E-state index contributed by atoms with van der Waals surface area (Å²) in [6, 6.07) is 12.0. The van der Waals surface area contributed by atoms with Crippen LogP contribution in [0.5, 0.6) is 0 Å². The van der Waals surface area contributed by atoms with Gasteiger partial charge in [0.25, 0.3) is 0 Å². The lowest BCUT2D eigenvalue weighted by Gasteiger charge is -2.10. The van der Waals surface area contributed by atoms with Crippen molar-refractivity contribution in [1.82, 2.24) is 0 Å². The highest BCUT2D eigenvalue weighted by Crippen LogP contribution is 2.15. The quantitative estimate of drug-likeness (QED) is 0.894. The predicted molar refractivity (Wildman–Crippen MR) is 79.4 cm³/mol. The molecule has 0 aliphatic rings. The first-order chi connectivity index (χ1) is 9.54. The Morgan fingerprint density at radius 3 is 2.70 bits per heavy atom. The molecule has 2 aromatic carbocycles. The summed E-state index contributed by atoms with van der Waals surface area (Å²) in [5.41, 5.74) is 3.36. The number of carbonyl (C=O) groups excluding carboxylic acids is 1. The lowest BCUT2D eigenvalue weighted by Crippen LogP contribution is -2.22. The first-order valence-corrected chi connectivity index (χ1v) is 6.41. The van der Waals surface area contributed by atoms with Crippen molar-refractivity contribution in [3.8, 4) is 0 Å². The Morgan fingerprint density at radius 2 is 1.95 bits per heavy atom. The third-order valence-electron chi connectivity index (χ3n) is 2.94. The van der Waals surface area contributed by atoms with Gasteiger partial charge in [0, 0.05) is 11.4 Å². The van der Waals surface area contributed by atoms with E-state index in [2.05, 4.69) is 10.6 Å². The monoisotopic (exact) mass is 272 g/mol. The van der Waals surface area contributed by atoms with Crippen molar-refractivity contribution in [2.45, 2.75) is 13.8 Å². The maximum absolute atomic E-state index is 13.1. The van der Waals surface area contributed by atoms with Crippen LogP contribution in [0.1, 0.15) is 11.1 Å². The number of nitrogens with one attached hydrogen (secondary N) is 2. The van der Waals surface area contributed by atoms with Gasteiger partial charge in [-0.25, -0.2) is 4.39 Å². The van der Waals surface area contributed by atoms with Crippen LogP contribution < -0.4 is 10.6 Å². The Bertz CT molecular complexity index is 626. The Balaban J connectivity index is 1.94. The molecule has 0 saturated heterocycles. The van der Waals surface area contributed by atoms with E-state index in [1.165, 1.54) is 12.1 Å². The van der Waals surface area contributed by atoms with Gasteiger partial charge in [0.1, 0.15) is 5.82 Å². The number of anilines is 2. The van der Waals surface area contributed by atoms with Gasteiger partial charge in [-0.05, 0) is 49.2 Å². The molecule has 0 aromatic heterocycles. The van der Waals surface area contributed by atoms with Crippen LogP contribution in [0.15, 0.2) is 42.5 Å². The molecular formula is C16H17FN2O. The van der Waals surface area contributed by atoms with Crippen LogP contribution >= 0.6 is 0 Å². The van der Waals surface area contributed by atoms with Crippen molar-refractivity contribution in [3.63, 3.8) is 0 Å². The van der Waals surface area contributed by atoms with E-state index in [1.807, 2.05) is 38.1 Å². The normalized spacial score (nSPS) is 10.2. The maximum atomic E-state index is 13.1. The van der Waals surface area contributed by atoms with Crippen molar-refractivity contribution < 1.29 is 9.18 Å². The van der Waals surface area contributed by atoms with Gasteiger partial charge < -0.3 is 10.6 Å². The average Bonchev–Trinajstić information content (AvgIpc) is 2.40. The molecule has 4 heteroatoms. The molecule has 1 amide bonds. The molecule has 0 spiro atoms. The van der Waals surface area contributed by atoms with Crippen LogP contribution in [0.4, 0.5) is 15.8 Å². The van der Waals surface area contributed by atoms with E-state index >= 15 is 0 Å². The SMILES string of the molecule is Cc1cccc(NC(=O)CNc2cc(F)ccc2C)c1. The van der Waals surface area contributed by atoms with Gasteiger partial charge in [-0.15, -0.1) is 0 Å². The number of aryl methyl sites for hydroxylation is 2. The summed E-state index contributed by atoms with van der Waals surface area (Å²) in [7, 11) is 0. The van der Waals surface area contributed by atoms with E-state index in [0.29, 0.717) is 5.69 Å². The molecule has 3 nitrogen and oxygen atoms in total. The van der Waals surface area contributed by atoms with Crippen molar-refractivity contribution in [3.05, 3.63) is 59.4 Å². The molecule has 0 aliphatic carbocycles. The fourth-order valence-electron chi connectivity index (χ4n) is 1.89. The van der Waals surface area contributed by atoms with Crippen LogP contribution in [0.2, 0.25) is 0 Å². The molecule has 0 heterocycles. The van der Waals surface area contributed by atoms with Crippen molar-refractivity contribution in [2.75, 3.05) is 17.2 Å². The number of hydrogen-bond donors (Lipinski definition) is 2. The van der Waals surface area contributed by atoms with Crippen molar-refractivity contribution >= 4 is 17.3 Å². The van der Waals surface area contributed by atoms with Gasteiger partial charge in [-0.3, -0.25) is 4.79 Å². The second-order valence-corrected chi connectivity index (χ2v) is 4.73. The molecule has 0 saturated carbocycles. The summed E-state index contributed by atoms with van der Waals surface area (Å²) < 4.78 is 13.1. The predicted octanol–water partition coefficient (Wildman–Crippen LogP) is 3.49. The second-order valence-electron chi connectivity index (χ2n) is 4.73. The summed E-state index contributed by atoms with van der Waals surface area (Å²) in [6.45, 7) is 3.92. The van der Waals surface area contributed by atoms with Crippen molar-refractivity contribution in [1.29, 1.82) is 0 Å². The minimum absolute atomic E-state index is 0.0955. The van der Waals surface area contributed by atoms with E-state index in [4.69, 9.17) is 0 Å². The number of rotatable bonds is 4. The molecule has 0 atom stereocenters. The molecule has 0 radical (unpaired) electrons. The fraction of sp³-hybridized carbons (Fsp3) is 0.188. The summed E-state index contributed by atoms with van der Waals surface area (Å²) in [5.74, 6) is -0.489. The molecular weight excluding hydrogens is 255 g/mol. The second kappa shape index (κ2) is 6.19. The first kappa shape index (κ1) is 14.1. The first-order valence-electron chi connectivity index (χ1n) is 6.41. The van der Waals surface area contributed by atoms with Crippen LogP contribution in [0, 0.1) is 19.7 Å². The molecule has 104 valence electrons. The van der Waals surface area contributed by atoms with Crippen LogP contribution in [-0.2, 0) is 4.79 Å². The summed E-state index contributed by atoms with van der Waals surface area (Å²) >= 11 is 0. The minimum atomic E-state index is -0.322. The number of benzene rings is 2. The number of amides is 1. The summed E-state index contributed by atoms with van der Waals surface area (Å²) in [4.78, 5) is 11.8. The maximum Gasteiger partial charge on any atom is 0.243 e. The Morgan fingerprint density at radius 1 is 1.15 bits per heavy atom. The molecule has 0 fully saturated rings. The Labute approximate surface area is 117 Å². The van der Waals surface area contributed by atoms with Gasteiger partial charge >= 0.3 is 0 Å². The highest BCUT2D eigenvalue weighted by molar-refractivity contribution is 5.93. The fourth-order valence-corrected chi connectivity index (χ4v) is 1.89. The number of carbonyl (C=O) groups is 1. The molecule has 2 aromatic rings. The van der Waals surface area contributed by atoms with Crippen molar-refractivity contribution in [2.24, 2.45) is 0 Å². The van der Waals surface area contributed by atoms with E-state index < -0.39 is 0 Å². The number of hydrogen-bond acceptors (Lipinski definition) is 2. The van der Waals surface area contributed by atoms with Crippen LogP contribution in [0.3, 0.4) is 0 Å². The third kappa shape index (κ3) is 3.82. The summed E-state index contributed by atoms with van der Waals surface area (Å²) in [5, 5.41) is 5.73. The van der Waals surface area contributed by atoms with Crippen LogP contribution in [-0.4, -0.2) is 12.5 Å². The van der Waals surface area contributed by atoms with E-state index in [0.717, 1.165) is 16.8 Å². The highest BCUT2D eigenvalue weighted by Gasteiger charge is 2.05. The lowest BCUT2D eigenvalue weighted by molar-refractivity contribution is -0.114. The Hall–Kier alpha value is -2.36. The zero-order chi connectivity index (χ0) is 14.5. The van der Waals surface area contributed by atoms with E-state index in [-0.39, 0.29) is 18.3 Å². The van der Waals surface area contributed by atoms with E-state index in [1.54, 1.807) is 6.07 Å². The third-order valence-corrected chi connectivity index (χ3v) is 2.94. The smallest absolute Gasteiger partial charge is 0.243 e. The molecule has 0 aliphatic heterocycles. The molecule has 20 heavy (non-hydrogen) atoms. The molecule has 0 unspecified atom stereocenters. The molecule has 2 rings (SSSR count). The van der Waals surface area contributed by atoms with Gasteiger partial charge in [-0.2, -0.15) is 0 Å². The van der Waals surface area contributed by atoms with Gasteiger partial charge in [-0.1, -0.05) is 18.2 Å². The van der Waals surface area contributed by atoms with Gasteiger partial charge in [0.05, 0.1) is 6.54 Å². The van der Waals surface area contributed by atoms with E-state index in [9.17, 15) is 9.18 Å². The summed E-state index contributed by atoms with van der Waals surface area (Å²) in [6.07, 6.45) is 0. The largest absolute Gasteiger partial charge is 0.376 e. The zero-order valence-corrected chi connectivity index (χ0v) is 11.5. The molecule has 0 bridgehead atoms. The van der Waals surface area contributed by atoms with Gasteiger partial charge in [0.15, 0.2) is 0 Å². The highest BCUT2D eigenvalue weighted by atomic mass is 19.1. The molecule has 2 N–H and O–H groups in total. The zero-order valence-electron chi connectivity index (χ0n) is 11.5. The topological polar surface area (TPSA) is 41.1 Å². The van der Waals surface area contributed by atoms with Gasteiger partial charge in [0.2, 0.25) is 5.91 Å². The number of halogens is 1. The van der Waals surface area contributed by atoms with Crippen LogP contribution in [0.25, 0.3) is 0 Å². The standard InChI is InChI=1S/C16H17FN2O/c1-11-4-3-5-14(8-11)19-16(20)10-18-15-9-13(17)7-6-12(15)2/h3-9,18H,10H2,1-2H3,(H,19,20). The average molecular weight is 272 g/mol. The Kier molecular flexibility index (Phi) is 4.35.